The van der Waals surface area contributed by atoms with E-state index in [1.54, 1.807) is 37.7 Å². The van der Waals surface area contributed by atoms with E-state index in [0.717, 1.165) is 5.56 Å². The summed E-state index contributed by atoms with van der Waals surface area (Å²) in [6, 6.07) is 9.05. The highest BCUT2D eigenvalue weighted by atomic mass is 35.5. The van der Waals surface area contributed by atoms with Gasteiger partial charge in [0.25, 0.3) is 0 Å². The second kappa shape index (κ2) is 12.4. The summed E-state index contributed by atoms with van der Waals surface area (Å²) in [4.78, 5) is 15.7. The maximum absolute atomic E-state index is 11.8. The van der Waals surface area contributed by atoms with E-state index >= 15 is 0 Å². The van der Waals surface area contributed by atoms with Crippen molar-refractivity contribution in [2.24, 2.45) is 5.73 Å². The van der Waals surface area contributed by atoms with Gasteiger partial charge in [0.15, 0.2) is 11.5 Å². The molecule has 0 spiro atoms. The number of aromatic nitrogens is 1. The number of methoxy groups -OCH3 is 1. The minimum Gasteiger partial charge on any atom is -0.493 e. The molecule has 0 radical (unpaired) electrons. The zero-order valence-electron chi connectivity index (χ0n) is 13.9. The van der Waals surface area contributed by atoms with Crippen LogP contribution in [0.5, 0.6) is 11.5 Å². The molecule has 0 fully saturated rings. The fourth-order valence-electron chi connectivity index (χ4n) is 1.99. The number of benzene rings is 1. The summed E-state index contributed by atoms with van der Waals surface area (Å²) in [5.41, 5.74) is 7.07. The maximum atomic E-state index is 11.8. The number of rotatable bonds is 8. The van der Waals surface area contributed by atoms with Crippen molar-refractivity contribution in [2.45, 2.75) is 19.4 Å². The number of carbonyl (C=O) groups excluding carboxylic acids is 1. The SMILES string of the molecule is COc1ccc(NC(=O)CCCN)cc1OCc1ccncc1.Cl.Cl. The first-order valence-electron chi connectivity index (χ1n) is 7.42. The van der Waals surface area contributed by atoms with E-state index in [1.807, 2.05) is 12.1 Å². The average Bonchev–Trinajstić information content (AvgIpc) is 2.59. The largest absolute Gasteiger partial charge is 0.493 e. The van der Waals surface area contributed by atoms with Crippen LogP contribution < -0.4 is 20.5 Å². The number of halogens is 2. The van der Waals surface area contributed by atoms with Gasteiger partial charge in [-0.2, -0.15) is 0 Å². The third kappa shape index (κ3) is 7.60. The van der Waals surface area contributed by atoms with Gasteiger partial charge in [-0.25, -0.2) is 0 Å². The second-order valence-electron chi connectivity index (χ2n) is 4.95. The van der Waals surface area contributed by atoms with Gasteiger partial charge < -0.3 is 20.5 Å². The molecular formula is C17H23Cl2N3O3. The first-order chi connectivity index (χ1) is 11.2. The molecule has 0 aliphatic carbocycles. The lowest BCUT2D eigenvalue weighted by atomic mass is 10.2. The maximum Gasteiger partial charge on any atom is 0.224 e. The zero-order valence-corrected chi connectivity index (χ0v) is 15.6. The van der Waals surface area contributed by atoms with Gasteiger partial charge in [0.2, 0.25) is 5.91 Å². The number of hydrogen-bond acceptors (Lipinski definition) is 5. The van der Waals surface area contributed by atoms with E-state index in [0.29, 0.717) is 43.2 Å². The third-order valence-corrected chi connectivity index (χ3v) is 3.20. The van der Waals surface area contributed by atoms with E-state index in [4.69, 9.17) is 15.2 Å². The van der Waals surface area contributed by atoms with Gasteiger partial charge in [-0.15, -0.1) is 24.8 Å². The van der Waals surface area contributed by atoms with Crippen molar-refractivity contribution in [1.82, 2.24) is 4.98 Å². The lowest BCUT2D eigenvalue weighted by Gasteiger charge is -2.13. The molecule has 2 rings (SSSR count). The number of pyridine rings is 1. The molecule has 1 aromatic carbocycles. The third-order valence-electron chi connectivity index (χ3n) is 3.20. The van der Waals surface area contributed by atoms with Gasteiger partial charge in [-0.05, 0) is 42.8 Å². The van der Waals surface area contributed by atoms with Crippen LogP contribution in [0, 0.1) is 0 Å². The lowest BCUT2D eigenvalue weighted by Crippen LogP contribution is -2.13. The lowest BCUT2D eigenvalue weighted by molar-refractivity contribution is -0.116. The predicted molar refractivity (Wildman–Crippen MR) is 103 cm³/mol. The van der Waals surface area contributed by atoms with Crippen LogP contribution in [0.15, 0.2) is 42.7 Å². The van der Waals surface area contributed by atoms with E-state index in [1.165, 1.54) is 0 Å². The number of anilines is 1. The number of carbonyl (C=O) groups is 1. The molecule has 1 heterocycles. The number of hydrogen-bond donors (Lipinski definition) is 2. The Morgan fingerprint density at radius 1 is 1.16 bits per heavy atom. The van der Waals surface area contributed by atoms with Gasteiger partial charge in [0.05, 0.1) is 7.11 Å². The summed E-state index contributed by atoms with van der Waals surface area (Å²) in [5.74, 6) is 1.11. The smallest absolute Gasteiger partial charge is 0.224 e. The van der Waals surface area contributed by atoms with E-state index < -0.39 is 0 Å². The average molecular weight is 388 g/mol. The summed E-state index contributed by atoms with van der Waals surface area (Å²) < 4.78 is 11.1. The van der Waals surface area contributed by atoms with Crippen LogP contribution in [0.2, 0.25) is 0 Å². The zero-order chi connectivity index (χ0) is 16.5. The Kier molecular flexibility index (Phi) is 11.4. The summed E-state index contributed by atoms with van der Waals surface area (Å²) >= 11 is 0. The minimum absolute atomic E-state index is 0. The number of amides is 1. The van der Waals surface area contributed by atoms with Crippen LogP contribution in [0.1, 0.15) is 18.4 Å². The molecule has 3 N–H and O–H groups in total. The predicted octanol–water partition coefficient (Wildman–Crippen LogP) is 3.19. The molecule has 0 saturated carbocycles. The highest BCUT2D eigenvalue weighted by Gasteiger charge is 2.08. The van der Waals surface area contributed by atoms with Crippen LogP contribution in [-0.4, -0.2) is 24.5 Å². The van der Waals surface area contributed by atoms with Gasteiger partial charge >= 0.3 is 0 Å². The van der Waals surface area contributed by atoms with Crippen LogP contribution in [-0.2, 0) is 11.4 Å². The van der Waals surface area contributed by atoms with E-state index in [-0.39, 0.29) is 30.7 Å². The van der Waals surface area contributed by atoms with Crippen LogP contribution in [0.4, 0.5) is 5.69 Å². The molecular weight excluding hydrogens is 365 g/mol. The van der Waals surface area contributed by atoms with Crippen molar-refractivity contribution in [3.63, 3.8) is 0 Å². The Morgan fingerprint density at radius 2 is 1.88 bits per heavy atom. The first-order valence-corrected chi connectivity index (χ1v) is 7.42. The molecule has 2 aromatic rings. The normalized spacial score (nSPS) is 9.36. The molecule has 0 aliphatic rings. The molecule has 1 amide bonds. The first kappa shape index (κ1) is 23.0. The molecule has 0 atom stereocenters. The highest BCUT2D eigenvalue weighted by molar-refractivity contribution is 5.91. The van der Waals surface area contributed by atoms with Gasteiger partial charge in [0, 0.05) is 30.6 Å². The van der Waals surface area contributed by atoms with Gasteiger partial charge in [-0.1, -0.05) is 0 Å². The van der Waals surface area contributed by atoms with Crippen molar-refractivity contribution >= 4 is 36.4 Å². The highest BCUT2D eigenvalue weighted by Crippen LogP contribution is 2.31. The molecule has 0 unspecified atom stereocenters. The Labute approximate surface area is 159 Å². The van der Waals surface area contributed by atoms with Gasteiger partial charge in [0.1, 0.15) is 6.61 Å². The monoisotopic (exact) mass is 387 g/mol. The summed E-state index contributed by atoms with van der Waals surface area (Å²) in [6.45, 7) is 0.889. The standard InChI is InChI=1S/C17H21N3O3.2ClH/c1-22-15-5-4-14(20-17(21)3-2-8-18)11-16(15)23-12-13-6-9-19-10-7-13;;/h4-7,9-11H,2-3,8,12,18H2,1H3,(H,20,21);2*1H. The quantitative estimate of drug-likeness (QED) is 0.725. The van der Waals surface area contributed by atoms with Crippen LogP contribution >= 0.6 is 24.8 Å². The molecule has 6 nitrogen and oxygen atoms in total. The van der Waals surface area contributed by atoms with E-state index in [2.05, 4.69) is 10.3 Å². The number of nitrogens with one attached hydrogen (secondary N) is 1. The topological polar surface area (TPSA) is 86.5 Å². The second-order valence-corrected chi connectivity index (χ2v) is 4.95. The summed E-state index contributed by atoms with van der Waals surface area (Å²) in [6.07, 6.45) is 4.48. The van der Waals surface area contributed by atoms with Crippen LogP contribution in [0.25, 0.3) is 0 Å². The Morgan fingerprint density at radius 3 is 2.52 bits per heavy atom. The van der Waals surface area contributed by atoms with Crippen molar-refractivity contribution in [2.75, 3.05) is 19.0 Å². The molecule has 25 heavy (non-hydrogen) atoms. The molecule has 138 valence electrons. The van der Waals surface area contributed by atoms with Crippen molar-refractivity contribution < 1.29 is 14.3 Å². The molecule has 1 aromatic heterocycles. The van der Waals surface area contributed by atoms with E-state index in [9.17, 15) is 4.79 Å². The fraction of sp³-hybridized carbons (Fsp3) is 0.294. The van der Waals surface area contributed by atoms with Crippen molar-refractivity contribution in [3.8, 4) is 11.5 Å². The molecule has 0 aliphatic heterocycles. The number of nitrogens with two attached hydrogens (primary N) is 1. The summed E-state index contributed by atoms with van der Waals surface area (Å²) in [7, 11) is 1.58. The van der Waals surface area contributed by atoms with Gasteiger partial charge in [-0.3, -0.25) is 9.78 Å². The number of ether oxygens (including phenoxy) is 2. The molecule has 8 heteroatoms. The van der Waals surface area contributed by atoms with Crippen molar-refractivity contribution in [1.29, 1.82) is 0 Å². The minimum atomic E-state index is -0.0688. The molecule has 0 saturated heterocycles. The molecule has 0 bridgehead atoms. The number of nitrogens with zero attached hydrogens (tertiary/aromatic N) is 1. The Hall–Kier alpha value is -2.02. The summed E-state index contributed by atoms with van der Waals surface area (Å²) in [5, 5.41) is 2.83. The Balaban J connectivity index is 0.00000288. The van der Waals surface area contributed by atoms with Crippen molar-refractivity contribution in [3.05, 3.63) is 48.3 Å². The fourth-order valence-corrected chi connectivity index (χ4v) is 1.99. The Bertz CT molecular complexity index is 642. The van der Waals surface area contributed by atoms with Crippen LogP contribution in [0.3, 0.4) is 0 Å².